The van der Waals surface area contributed by atoms with Gasteiger partial charge in [0.2, 0.25) is 0 Å². The molecule has 0 aliphatic heterocycles. The standard InChI is InChI=1S/C14H24N2O2S/c1-9-6-11(10(2)19-9)7-12(8-15)16-13(17)18-14(3,4)5/h6,12H,7-8,15H2,1-5H3,(H,16,17). The zero-order chi connectivity index (χ0) is 14.6. The molecular weight excluding hydrogens is 260 g/mol. The van der Waals surface area contributed by atoms with Crippen molar-refractivity contribution in [2.45, 2.75) is 52.7 Å². The van der Waals surface area contributed by atoms with E-state index in [1.807, 2.05) is 20.8 Å². The van der Waals surface area contributed by atoms with Crippen LogP contribution in [0.5, 0.6) is 0 Å². The van der Waals surface area contributed by atoms with Gasteiger partial charge >= 0.3 is 6.09 Å². The maximum Gasteiger partial charge on any atom is 0.407 e. The van der Waals surface area contributed by atoms with Crippen molar-refractivity contribution in [1.82, 2.24) is 5.32 Å². The lowest BCUT2D eigenvalue weighted by Gasteiger charge is -2.23. The van der Waals surface area contributed by atoms with Crippen LogP contribution in [0.15, 0.2) is 6.07 Å². The molecule has 1 atom stereocenters. The Morgan fingerprint density at radius 3 is 2.53 bits per heavy atom. The van der Waals surface area contributed by atoms with Crippen molar-refractivity contribution in [3.63, 3.8) is 0 Å². The monoisotopic (exact) mass is 284 g/mol. The molecule has 0 spiro atoms. The number of amides is 1. The predicted molar refractivity (Wildman–Crippen MR) is 79.7 cm³/mol. The van der Waals surface area contributed by atoms with Gasteiger partial charge in [0.05, 0.1) is 0 Å². The van der Waals surface area contributed by atoms with Crippen molar-refractivity contribution in [2.24, 2.45) is 5.73 Å². The SMILES string of the molecule is Cc1cc(CC(CN)NC(=O)OC(C)(C)C)c(C)s1. The van der Waals surface area contributed by atoms with E-state index in [0.29, 0.717) is 6.54 Å². The minimum Gasteiger partial charge on any atom is -0.444 e. The van der Waals surface area contributed by atoms with Crippen LogP contribution >= 0.6 is 11.3 Å². The fraction of sp³-hybridized carbons (Fsp3) is 0.643. The third kappa shape index (κ3) is 5.61. The summed E-state index contributed by atoms with van der Waals surface area (Å²) in [6, 6.07) is 2.06. The molecule has 0 bridgehead atoms. The maximum absolute atomic E-state index is 11.7. The smallest absolute Gasteiger partial charge is 0.407 e. The average Bonchev–Trinajstić information content (AvgIpc) is 2.53. The van der Waals surface area contributed by atoms with Gasteiger partial charge in [-0.2, -0.15) is 0 Å². The second-order valence-corrected chi connectivity index (χ2v) is 7.18. The van der Waals surface area contributed by atoms with Gasteiger partial charge in [0, 0.05) is 22.3 Å². The normalized spacial score (nSPS) is 13.2. The Balaban J connectivity index is 2.59. The van der Waals surface area contributed by atoms with Gasteiger partial charge in [-0.1, -0.05) is 0 Å². The number of hydrogen-bond donors (Lipinski definition) is 2. The zero-order valence-electron chi connectivity index (χ0n) is 12.4. The highest BCUT2D eigenvalue weighted by molar-refractivity contribution is 7.12. The van der Waals surface area contributed by atoms with Crippen molar-refractivity contribution in [3.8, 4) is 0 Å². The molecular formula is C14H24N2O2S. The summed E-state index contributed by atoms with van der Waals surface area (Å²) in [4.78, 5) is 14.3. The Morgan fingerprint density at radius 1 is 1.47 bits per heavy atom. The van der Waals surface area contributed by atoms with E-state index < -0.39 is 11.7 Å². The number of aryl methyl sites for hydroxylation is 2. The van der Waals surface area contributed by atoms with E-state index in [2.05, 4.69) is 25.2 Å². The minimum absolute atomic E-state index is 0.0949. The van der Waals surface area contributed by atoms with Gasteiger partial charge in [-0.25, -0.2) is 4.79 Å². The summed E-state index contributed by atoms with van der Waals surface area (Å²) in [6.45, 7) is 10.1. The molecule has 4 nitrogen and oxygen atoms in total. The highest BCUT2D eigenvalue weighted by atomic mass is 32.1. The van der Waals surface area contributed by atoms with E-state index in [4.69, 9.17) is 10.5 Å². The van der Waals surface area contributed by atoms with Crippen molar-refractivity contribution >= 4 is 17.4 Å². The zero-order valence-corrected chi connectivity index (χ0v) is 13.2. The molecule has 1 aromatic rings. The van der Waals surface area contributed by atoms with Crippen LogP contribution in [0.3, 0.4) is 0 Å². The summed E-state index contributed by atoms with van der Waals surface area (Å²) in [7, 11) is 0. The largest absolute Gasteiger partial charge is 0.444 e. The highest BCUT2D eigenvalue weighted by Gasteiger charge is 2.19. The van der Waals surface area contributed by atoms with E-state index in [1.165, 1.54) is 15.3 Å². The first kappa shape index (κ1) is 16.0. The predicted octanol–water partition coefficient (Wildman–Crippen LogP) is 2.76. The first-order chi connectivity index (χ1) is 8.71. The number of rotatable bonds is 4. The fourth-order valence-corrected chi connectivity index (χ4v) is 2.78. The third-order valence-corrected chi connectivity index (χ3v) is 3.62. The number of alkyl carbamates (subject to hydrolysis) is 1. The Bertz CT molecular complexity index is 435. The maximum atomic E-state index is 11.7. The summed E-state index contributed by atoms with van der Waals surface area (Å²) >= 11 is 1.77. The van der Waals surface area contributed by atoms with Crippen LogP contribution < -0.4 is 11.1 Å². The summed E-state index contributed by atoms with van der Waals surface area (Å²) in [5.41, 5.74) is 6.48. The van der Waals surface area contributed by atoms with Crippen LogP contribution in [-0.2, 0) is 11.2 Å². The lowest BCUT2D eigenvalue weighted by Crippen LogP contribution is -2.44. The van der Waals surface area contributed by atoms with Crippen LogP contribution in [0, 0.1) is 13.8 Å². The molecule has 0 aromatic carbocycles. The van der Waals surface area contributed by atoms with Gasteiger partial charge in [0.25, 0.3) is 0 Å². The molecule has 0 saturated carbocycles. The number of hydrogen-bond acceptors (Lipinski definition) is 4. The minimum atomic E-state index is -0.488. The second kappa shape index (κ2) is 6.39. The van der Waals surface area contributed by atoms with Crippen molar-refractivity contribution < 1.29 is 9.53 Å². The van der Waals surface area contributed by atoms with Crippen molar-refractivity contribution in [1.29, 1.82) is 0 Å². The van der Waals surface area contributed by atoms with Crippen LogP contribution in [0.1, 0.15) is 36.1 Å². The van der Waals surface area contributed by atoms with Crippen LogP contribution in [0.2, 0.25) is 0 Å². The number of nitrogens with one attached hydrogen (secondary N) is 1. The molecule has 1 heterocycles. The Morgan fingerprint density at radius 2 is 2.11 bits per heavy atom. The summed E-state index contributed by atoms with van der Waals surface area (Å²) in [6.07, 6.45) is 0.332. The number of carbonyl (C=O) groups excluding carboxylic acids is 1. The summed E-state index contributed by atoms with van der Waals surface area (Å²) in [5.74, 6) is 0. The van der Waals surface area contributed by atoms with E-state index in [0.717, 1.165) is 6.42 Å². The second-order valence-electron chi connectivity index (χ2n) is 5.72. The van der Waals surface area contributed by atoms with E-state index >= 15 is 0 Å². The molecule has 0 aliphatic rings. The van der Waals surface area contributed by atoms with E-state index in [1.54, 1.807) is 11.3 Å². The Hall–Kier alpha value is -1.07. The fourth-order valence-electron chi connectivity index (χ4n) is 1.82. The van der Waals surface area contributed by atoms with E-state index in [-0.39, 0.29) is 6.04 Å². The van der Waals surface area contributed by atoms with Gasteiger partial charge in [0.1, 0.15) is 5.60 Å². The highest BCUT2D eigenvalue weighted by Crippen LogP contribution is 2.21. The van der Waals surface area contributed by atoms with Crippen LogP contribution in [0.25, 0.3) is 0 Å². The lowest BCUT2D eigenvalue weighted by atomic mass is 10.1. The molecule has 5 heteroatoms. The lowest BCUT2D eigenvalue weighted by molar-refractivity contribution is 0.0506. The molecule has 0 radical (unpaired) electrons. The Labute approximate surface area is 119 Å². The third-order valence-electron chi connectivity index (χ3n) is 2.62. The molecule has 19 heavy (non-hydrogen) atoms. The summed E-state index contributed by atoms with van der Waals surface area (Å²) < 4.78 is 5.24. The molecule has 0 fully saturated rings. The molecule has 1 amide bonds. The van der Waals surface area contributed by atoms with Gasteiger partial charge in [-0.15, -0.1) is 11.3 Å². The molecule has 0 saturated heterocycles. The number of thiophene rings is 1. The van der Waals surface area contributed by atoms with Crippen molar-refractivity contribution in [2.75, 3.05) is 6.54 Å². The first-order valence-corrected chi connectivity index (χ1v) is 7.28. The number of ether oxygens (including phenoxy) is 1. The van der Waals surface area contributed by atoms with Crippen LogP contribution in [0.4, 0.5) is 4.79 Å². The van der Waals surface area contributed by atoms with Gasteiger partial charge in [-0.3, -0.25) is 0 Å². The van der Waals surface area contributed by atoms with Crippen molar-refractivity contribution in [3.05, 3.63) is 21.4 Å². The molecule has 1 unspecified atom stereocenters. The summed E-state index contributed by atoms with van der Waals surface area (Å²) in [5, 5.41) is 2.83. The molecule has 108 valence electrons. The van der Waals surface area contributed by atoms with E-state index in [9.17, 15) is 4.79 Å². The quantitative estimate of drug-likeness (QED) is 0.893. The topological polar surface area (TPSA) is 64.3 Å². The van der Waals surface area contributed by atoms with Gasteiger partial charge in [0.15, 0.2) is 0 Å². The van der Waals surface area contributed by atoms with Gasteiger partial charge in [-0.05, 0) is 52.7 Å². The van der Waals surface area contributed by atoms with Gasteiger partial charge < -0.3 is 15.8 Å². The Kier molecular flexibility index (Phi) is 5.38. The first-order valence-electron chi connectivity index (χ1n) is 6.46. The molecule has 1 aromatic heterocycles. The number of nitrogens with two attached hydrogens (primary N) is 1. The number of carbonyl (C=O) groups is 1. The molecule has 3 N–H and O–H groups in total. The average molecular weight is 284 g/mol. The molecule has 0 aliphatic carbocycles. The molecule has 1 rings (SSSR count). The van der Waals surface area contributed by atoms with Crippen LogP contribution in [-0.4, -0.2) is 24.3 Å².